The van der Waals surface area contributed by atoms with Crippen LogP contribution in [0.3, 0.4) is 0 Å². The zero-order valence-electron chi connectivity index (χ0n) is 35.7. The zero-order chi connectivity index (χ0) is 44.4. The molecule has 5 aromatic carbocycles. The lowest BCUT2D eigenvalue weighted by atomic mass is 9.79. The van der Waals surface area contributed by atoms with Crippen molar-refractivity contribution in [3.8, 4) is 82.5 Å². The first-order chi connectivity index (χ1) is 31.0. The van der Waals surface area contributed by atoms with E-state index in [2.05, 4.69) is 91.8 Å². The van der Waals surface area contributed by atoms with Crippen molar-refractivity contribution in [1.29, 1.82) is 0 Å². The van der Waals surface area contributed by atoms with E-state index in [1.807, 2.05) is 97.1 Å². The first kappa shape index (κ1) is 40.8. The largest absolute Gasteiger partial charge is 0.737 e. The second kappa shape index (κ2) is 16.7. The molecule has 304 valence electrons. The molecule has 6 aromatic rings. The van der Waals surface area contributed by atoms with Gasteiger partial charge in [0.05, 0.1) is 30.9 Å². The number of nitrogens with zero attached hydrogens (tertiary/aromatic N) is 2. The van der Waals surface area contributed by atoms with Gasteiger partial charge < -0.3 is 27.1 Å². The summed E-state index contributed by atoms with van der Waals surface area (Å²) < 4.78 is 46.2. The molecule has 7 heteroatoms. The van der Waals surface area contributed by atoms with Crippen molar-refractivity contribution in [3.05, 3.63) is 206 Å². The summed E-state index contributed by atoms with van der Waals surface area (Å²) in [5, 5.41) is 0. The number of hydrogen-bond donors (Lipinski definition) is 0. The van der Waals surface area contributed by atoms with Gasteiger partial charge in [-0.3, -0.25) is 0 Å². The minimum absolute atomic E-state index is 0.342. The average Bonchev–Trinajstić information content (AvgIpc) is 4.01. The number of benzene rings is 5. The van der Waals surface area contributed by atoms with Gasteiger partial charge in [0.15, 0.2) is 5.70 Å². The van der Waals surface area contributed by atoms with E-state index in [0.29, 0.717) is 56.3 Å². The van der Waals surface area contributed by atoms with E-state index < -0.39 is 6.97 Å². The second-order valence-corrected chi connectivity index (χ2v) is 16.3. The summed E-state index contributed by atoms with van der Waals surface area (Å²) in [5.74, 6) is 40.2. The predicted molar refractivity (Wildman–Crippen MR) is 251 cm³/mol. The van der Waals surface area contributed by atoms with E-state index in [9.17, 15) is 0 Å². The molecule has 3 heterocycles. The van der Waals surface area contributed by atoms with Crippen LogP contribution in [0.25, 0.3) is 5.57 Å². The minimum atomic E-state index is -4.17. The number of aromatic nitrogens is 1. The number of halogens is 2. The van der Waals surface area contributed by atoms with Crippen LogP contribution in [-0.2, 0) is 5.41 Å². The van der Waals surface area contributed by atoms with Gasteiger partial charge in [0.2, 0.25) is 0 Å². The maximum Gasteiger partial charge on any atom is 0.737 e. The standard InChI is InChI=1S/C57H37BF2N2O2/c1-57(2,3)50-38-48-28-26-46-36-44(24-30-53(46)63-4)22-20-42-16-8-14-40(34-42)12-6-7-13-41-15-9-17-43(35-41)21-23-45-25-31-54(64-5)47(37-45)27-29-49(39-50)55(48)56-51-18-10-32-61(51)58(59,60)62-33-11-19-52(56)62/h8-11,14-19,24-25,30-39H,1-5H3. The Kier molecular flexibility index (Phi) is 10.6. The van der Waals surface area contributed by atoms with Crippen molar-refractivity contribution in [1.82, 2.24) is 4.48 Å². The van der Waals surface area contributed by atoms with E-state index >= 15 is 8.63 Å². The molecule has 3 aliphatic rings. The third kappa shape index (κ3) is 8.12. The molecule has 4 nitrogen and oxygen atoms in total. The lowest BCUT2D eigenvalue weighted by Crippen LogP contribution is -2.49. The number of rotatable bonds is 3. The van der Waals surface area contributed by atoms with Crippen LogP contribution in [0.1, 0.15) is 93.2 Å². The molecule has 0 radical (unpaired) electrons. The Balaban J connectivity index is 1.33. The number of hydrogen-bond acceptors (Lipinski definition) is 2. The smallest absolute Gasteiger partial charge is 0.495 e. The molecule has 1 aromatic heterocycles. The maximum atomic E-state index is 16.2. The van der Waals surface area contributed by atoms with Crippen molar-refractivity contribution in [2.45, 2.75) is 26.2 Å². The molecule has 0 saturated carbocycles. The topological polar surface area (TPSA) is 26.4 Å². The average molecular weight is 831 g/mol. The Bertz CT molecular complexity index is 3300. The predicted octanol–water partition coefficient (Wildman–Crippen LogP) is 9.77. The van der Waals surface area contributed by atoms with Gasteiger partial charge in [-0.2, -0.15) is 0 Å². The number of allylic oxidation sites excluding steroid dienone is 2. The van der Waals surface area contributed by atoms with Gasteiger partial charge in [-0.15, -0.1) is 0 Å². The van der Waals surface area contributed by atoms with Crippen LogP contribution in [0.5, 0.6) is 11.5 Å². The normalized spacial score (nSPS) is 13.6. The minimum Gasteiger partial charge on any atom is -0.495 e. The molecular weight excluding hydrogens is 793 g/mol. The Morgan fingerprint density at radius 3 is 1.53 bits per heavy atom. The van der Waals surface area contributed by atoms with Crippen LogP contribution in [0.15, 0.2) is 133 Å². The summed E-state index contributed by atoms with van der Waals surface area (Å²) in [7, 11) is 3.20. The fourth-order valence-corrected chi connectivity index (χ4v) is 7.70. The van der Waals surface area contributed by atoms with Crippen LogP contribution in [0.4, 0.5) is 8.63 Å². The summed E-state index contributed by atoms with van der Waals surface area (Å²) >= 11 is 0. The van der Waals surface area contributed by atoms with Gasteiger partial charge in [0.25, 0.3) is 0 Å². The van der Waals surface area contributed by atoms with Gasteiger partial charge in [-0.25, -0.2) is 0 Å². The highest BCUT2D eigenvalue weighted by Crippen LogP contribution is 2.42. The molecular formula is C57H37BF2N2O2. The van der Waals surface area contributed by atoms with Crippen molar-refractivity contribution in [2.75, 3.05) is 14.2 Å². The van der Waals surface area contributed by atoms with Crippen molar-refractivity contribution in [2.24, 2.45) is 0 Å². The fourth-order valence-electron chi connectivity index (χ4n) is 7.70. The van der Waals surface area contributed by atoms with Crippen LogP contribution in [-0.4, -0.2) is 36.4 Å². The van der Waals surface area contributed by atoms with E-state index in [1.54, 1.807) is 38.5 Å². The van der Waals surface area contributed by atoms with Gasteiger partial charge >= 0.3 is 6.97 Å². The molecule has 2 aliphatic heterocycles. The van der Waals surface area contributed by atoms with Crippen LogP contribution >= 0.6 is 0 Å². The number of methoxy groups -OCH3 is 2. The van der Waals surface area contributed by atoms with Gasteiger partial charge in [0, 0.05) is 67.9 Å². The lowest BCUT2D eigenvalue weighted by Gasteiger charge is -2.32. The molecule has 9 rings (SSSR count). The Hall–Kier alpha value is -8.59. The third-order valence-electron chi connectivity index (χ3n) is 11.0. The van der Waals surface area contributed by atoms with E-state index in [0.717, 1.165) is 47.9 Å². The van der Waals surface area contributed by atoms with E-state index in [-0.39, 0.29) is 5.41 Å². The van der Waals surface area contributed by atoms with Crippen molar-refractivity contribution in [3.63, 3.8) is 0 Å². The first-order valence-corrected chi connectivity index (χ1v) is 20.6. The van der Waals surface area contributed by atoms with E-state index in [4.69, 9.17) is 9.47 Å². The highest BCUT2D eigenvalue weighted by atomic mass is 19.2. The summed E-state index contributed by atoms with van der Waals surface area (Å²) in [6.07, 6.45) is 6.22. The monoisotopic (exact) mass is 830 g/mol. The lowest BCUT2D eigenvalue weighted by molar-refractivity contribution is -0.356. The number of ether oxygens (including phenoxy) is 2. The van der Waals surface area contributed by atoms with Crippen LogP contribution in [0.2, 0.25) is 0 Å². The van der Waals surface area contributed by atoms with Gasteiger partial charge in [-0.1, -0.05) is 92.1 Å². The van der Waals surface area contributed by atoms with E-state index in [1.165, 1.54) is 12.4 Å². The summed E-state index contributed by atoms with van der Waals surface area (Å²) in [5.41, 5.74) is 9.56. The van der Waals surface area contributed by atoms with Crippen LogP contribution in [0, 0.1) is 71.0 Å². The molecule has 0 unspecified atom stereocenters. The molecule has 0 atom stereocenters. The Morgan fingerprint density at radius 1 is 0.547 bits per heavy atom. The Morgan fingerprint density at radius 2 is 1.03 bits per heavy atom. The molecule has 1 aliphatic carbocycles. The van der Waals surface area contributed by atoms with Crippen molar-refractivity contribution >= 4 is 18.8 Å². The zero-order valence-corrected chi connectivity index (χ0v) is 35.7. The summed E-state index contributed by atoms with van der Waals surface area (Å²) in [4.78, 5) is 0. The van der Waals surface area contributed by atoms with Crippen LogP contribution < -0.4 is 9.47 Å². The molecule has 10 bridgehead atoms. The number of fused-ring (bicyclic) bond motifs is 12. The highest BCUT2D eigenvalue weighted by molar-refractivity contribution is 6.57. The quantitative estimate of drug-likeness (QED) is 0.131. The molecule has 0 N–H and O–H groups in total. The highest BCUT2D eigenvalue weighted by Gasteiger charge is 2.52. The summed E-state index contributed by atoms with van der Waals surface area (Å²) in [6.45, 7) is 2.19. The second-order valence-electron chi connectivity index (χ2n) is 16.3. The molecule has 0 fully saturated rings. The molecule has 0 spiro atoms. The third-order valence-corrected chi connectivity index (χ3v) is 11.0. The Labute approximate surface area is 373 Å². The van der Waals surface area contributed by atoms with Gasteiger partial charge in [0.1, 0.15) is 17.7 Å². The van der Waals surface area contributed by atoms with Crippen molar-refractivity contribution < 1.29 is 22.6 Å². The fraction of sp³-hybridized carbons (Fsp3) is 0.105. The molecule has 0 amide bonds. The SMILES string of the molecule is COc1ccc2cc1C#Cc1cc(C(C)(C)C)cc(c1C1=C3C=CC=[N+]3[B-](F)(F)n3cccc31)C#Cc1cc(ccc1OC)C#Cc1cccc(c1)C#CC#Cc1cccc(c1)C#C2. The van der Waals surface area contributed by atoms with Gasteiger partial charge in [-0.05, 0) is 126 Å². The molecule has 0 saturated heterocycles. The summed E-state index contributed by atoms with van der Waals surface area (Å²) in [6, 6.07) is 34.1. The maximum absolute atomic E-state index is 16.2. The first-order valence-electron chi connectivity index (χ1n) is 20.6. The molecule has 64 heavy (non-hydrogen) atoms.